The quantitative estimate of drug-likeness (QED) is 0.0892. The molecule has 6 aromatic rings. The Labute approximate surface area is 460 Å². The van der Waals surface area contributed by atoms with Gasteiger partial charge >= 0.3 is 24.1 Å². The number of carboxylic acid groups (broad SMARTS) is 1. The molecule has 2 amide bonds. The summed E-state index contributed by atoms with van der Waals surface area (Å²) in [6.45, 7) is 23.1. The number of aliphatic carboxylic acids is 1. The van der Waals surface area contributed by atoms with E-state index in [2.05, 4.69) is 27.7 Å². The van der Waals surface area contributed by atoms with Crippen molar-refractivity contribution in [3.63, 3.8) is 0 Å². The van der Waals surface area contributed by atoms with Crippen LogP contribution in [0.5, 0.6) is 23.0 Å². The van der Waals surface area contributed by atoms with Crippen molar-refractivity contribution in [2.45, 2.75) is 158 Å². The largest absolute Gasteiger partial charge is 0.496 e. The van der Waals surface area contributed by atoms with Crippen LogP contribution >= 0.6 is 22.7 Å². The van der Waals surface area contributed by atoms with Gasteiger partial charge in [-0.3, -0.25) is 9.80 Å². The predicted molar refractivity (Wildman–Crippen MR) is 301 cm³/mol. The molecule has 77 heavy (non-hydrogen) atoms. The van der Waals surface area contributed by atoms with Crippen LogP contribution in [0.4, 0.5) is 9.59 Å². The molecule has 4 aromatic heterocycles. The van der Waals surface area contributed by atoms with Gasteiger partial charge in [0.1, 0.15) is 79.9 Å². The lowest BCUT2D eigenvalue weighted by Crippen LogP contribution is -2.44. The third-order valence-electron chi connectivity index (χ3n) is 12.5. The fraction of sp³-hybridized carbons (Fsp3) is 0.509. The Balaban J connectivity index is 0.000000277. The normalized spacial score (nSPS) is 17.3. The number of rotatable bonds is 12. The smallest absolute Gasteiger partial charge is 0.411 e. The molecule has 18 nitrogen and oxygen atoms in total. The van der Waals surface area contributed by atoms with Crippen LogP contribution in [0.1, 0.15) is 131 Å². The number of carbonyl (C=O) groups excluding carboxylic acids is 3. The van der Waals surface area contributed by atoms with Crippen molar-refractivity contribution in [1.29, 1.82) is 0 Å². The summed E-state index contributed by atoms with van der Waals surface area (Å²) in [5.41, 5.74) is 5.08. The number of nitrogens with zero attached hydrogens (tertiary/aromatic N) is 6. The molecule has 6 heterocycles. The molecule has 4 atom stereocenters. The summed E-state index contributed by atoms with van der Waals surface area (Å²) in [5, 5.41) is 17.0. The lowest BCUT2D eigenvalue weighted by atomic mass is 10.1. The topological polar surface area (TPSA) is 211 Å². The number of thiazole rings is 2. The van der Waals surface area contributed by atoms with E-state index < -0.39 is 59.6 Å². The van der Waals surface area contributed by atoms with E-state index in [-0.39, 0.29) is 46.7 Å². The van der Waals surface area contributed by atoms with Gasteiger partial charge in [-0.05, 0) is 91.5 Å². The van der Waals surface area contributed by atoms with Crippen molar-refractivity contribution in [3.8, 4) is 44.4 Å². The molecule has 418 valence electrons. The molecular weight excluding hydrogens is 1020 g/mol. The van der Waals surface area contributed by atoms with Crippen molar-refractivity contribution in [3.05, 3.63) is 69.7 Å². The van der Waals surface area contributed by atoms with E-state index in [1.807, 2.05) is 61.0 Å². The maximum Gasteiger partial charge on any atom is 0.411 e. The number of hydrogen-bond donors (Lipinski definition) is 1. The molecule has 0 saturated carbocycles. The van der Waals surface area contributed by atoms with Crippen molar-refractivity contribution in [1.82, 2.24) is 29.7 Å². The van der Waals surface area contributed by atoms with E-state index in [0.717, 1.165) is 54.6 Å². The summed E-state index contributed by atoms with van der Waals surface area (Å²) in [5.74, 6) is 1.54. The van der Waals surface area contributed by atoms with Gasteiger partial charge in [-0.25, -0.2) is 39.1 Å². The molecule has 2 fully saturated rings. The predicted octanol–water partition coefficient (Wildman–Crippen LogP) is 12.6. The molecule has 0 bridgehead atoms. The van der Waals surface area contributed by atoms with Crippen LogP contribution in [-0.4, -0.2) is 129 Å². The highest BCUT2D eigenvalue weighted by Crippen LogP contribution is 2.40. The van der Waals surface area contributed by atoms with Crippen molar-refractivity contribution < 1.29 is 57.4 Å². The first-order valence-electron chi connectivity index (χ1n) is 24.8. The molecule has 0 radical (unpaired) electrons. The first-order valence-corrected chi connectivity index (χ1v) is 26.6. The lowest BCUT2D eigenvalue weighted by molar-refractivity contribution is -0.145. The van der Waals surface area contributed by atoms with Crippen LogP contribution in [0.25, 0.3) is 43.2 Å². The number of aromatic nitrogens is 4. The molecule has 0 unspecified atom stereocenters. The van der Waals surface area contributed by atoms with Crippen molar-refractivity contribution >= 4 is 68.6 Å². The number of likely N-dealkylation sites (tertiary alicyclic amines) is 2. The van der Waals surface area contributed by atoms with Crippen LogP contribution in [0, 0.1) is 13.8 Å². The van der Waals surface area contributed by atoms with Gasteiger partial charge in [0.2, 0.25) is 0 Å². The van der Waals surface area contributed by atoms with Gasteiger partial charge in [0, 0.05) is 57.6 Å². The van der Waals surface area contributed by atoms with Gasteiger partial charge < -0.3 is 38.3 Å². The zero-order valence-corrected chi connectivity index (χ0v) is 47.0. The fourth-order valence-corrected chi connectivity index (χ4v) is 10.6. The molecule has 0 aliphatic carbocycles. The molecule has 2 aromatic carbocycles. The Morgan fingerprint density at radius 2 is 1.00 bits per heavy atom. The summed E-state index contributed by atoms with van der Waals surface area (Å²) < 4.78 is 39.9. The zero-order valence-electron chi connectivity index (χ0n) is 45.3. The molecule has 0 spiro atoms. The average molecular weight is 1100 g/mol. The van der Waals surface area contributed by atoms with Gasteiger partial charge in [0.15, 0.2) is 0 Å². The summed E-state index contributed by atoms with van der Waals surface area (Å²) in [7, 11) is 4.55. The number of amides is 2. The summed E-state index contributed by atoms with van der Waals surface area (Å²) >= 11 is 3.05. The maximum atomic E-state index is 12.9. The lowest BCUT2D eigenvalue weighted by Gasteiger charge is -2.27. The average Bonchev–Trinajstić information content (AvgIpc) is 4.18. The standard InChI is InChI=1S/C28H35N3O6S.C27H33N3O6S.2CH4/c1-15(2)20-14-38-25(30-20)19-12-23(18-9-10-22(34-7)16(3)24(18)29-19)36-17-11-21(26(32)35-8)31(13-17)27(33)37-28(4,5)6;1-14(2)19-13-37-24(29-19)18-11-22(17-8-9-21(34-7)15(3)23(17)28-18)35-16-10-20(25(31)32)30(12-16)26(33)36-27(4,5)6;;/h9-10,12,14-15,17,21H,11,13H2,1-8H3;8-9,11,13-14,16,20H,10,12H2,1-7H3,(H,31,32);2*1H4/t17-,21+;16-,20+;;/m11../s1. The number of methoxy groups -OCH3 is 3. The molecular formula is C57H76N6O12S2. The van der Waals surface area contributed by atoms with Crippen molar-refractivity contribution in [2.24, 2.45) is 0 Å². The molecule has 20 heteroatoms. The minimum atomic E-state index is -1.10. The van der Waals surface area contributed by atoms with Gasteiger partial charge in [-0.15, -0.1) is 22.7 Å². The fourth-order valence-electron chi connectivity index (χ4n) is 8.72. The zero-order chi connectivity index (χ0) is 54.8. The summed E-state index contributed by atoms with van der Waals surface area (Å²) in [4.78, 5) is 72.2. The molecule has 8 rings (SSSR count). The highest BCUT2D eigenvalue weighted by atomic mass is 32.1. The molecule has 2 aliphatic rings. The van der Waals surface area contributed by atoms with Crippen LogP contribution < -0.4 is 18.9 Å². The van der Waals surface area contributed by atoms with E-state index >= 15 is 0 Å². The third kappa shape index (κ3) is 14.0. The third-order valence-corrected chi connectivity index (χ3v) is 14.3. The number of benzene rings is 2. The van der Waals surface area contributed by atoms with Crippen LogP contribution in [0.2, 0.25) is 0 Å². The van der Waals surface area contributed by atoms with E-state index in [1.165, 1.54) is 39.6 Å². The van der Waals surface area contributed by atoms with E-state index in [9.17, 15) is 24.3 Å². The second kappa shape index (κ2) is 24.7. The van der Waals surface area contributed by atoms with E-state index in [4.69, 9.17) is 53.1 Å². The maximum absolute atomic E-state index is 12.9. The number of carboxylic acids is 1. The second-order valence-electron chi connectivity index (χ2n) is 21.2. The van der Waals surface area contributed by atoms with Crippen LogP contribution in [0.3, 0.4) is 0 Å². The monoisotopic (exact) mass is 1100 g/mol. The van der Waals surface area contributed by atoms with Crippen LogP contribution in [-0.2, 0) is 23.8 Å². The van der Waals surface area contributed by atoms with E-state index in [1.54, 1.807) is 55.8 Å². The first-order chi connectivity index (χ1) is 35.3. The Kier molecular flexibility index (Phi) is 19.6. The number of aryl methyl sites for hydroxylation is 2. The highest BCUT2D eigenvalue weighted by Gasteiger charge is 2.45. The minimum absolute atomic E-state index is 0. The molecule has 2 saturated heterocycles. The number of hydrogen-bond acceptors (Lipinski definition) is 17. The number of ether oxygens (including phenoxy) is 7. The van der Waals surface area contributed by atoms with E-state index in [0.29, 0.717) is 40.1 Å². The van der Waals surface area contributed by atoms with Crippen LogP contribution in [0.15, 0.2) is 47.2 Å². The summed E-state index contributed by atoms with van der Waals surface area (Å²) in [6, 6.07) is 9.39. The number of carbonyl (C=O) groups is 4. The number of fused-ring (bicyclic) bond motifs is 2. The SMILES string of the molecule is C.C.COC(=O)[C@@H]1C[C@@H](Oc2cc(-c3nc(C(C)C)cs3)nc3c(C)c(OC)ccc23)CN1C(=O)OC(C)(C)C.COc1ccc2c(O[C@@H]3C[C@@H](C(=O)O)N(C(=O)OC(C)(C)C)C3)cc(-c3nc(C(C)C)cs3)nc2c1C. The number of esters is 1. The Hall–Kier alpha value is -6.80. The van der Waals surface area contributed by atoms with Crippen molar-refractivity contribution in [2.75, 3.05) is 34.4 Å². The first kappa shape index (κ1) is 61.1. The highest BCUT2D eigenvalue weighted by molar-refractivity contribution is 7.13. The van der Waals surface area contributed by atoms with Gasteiger partial charge in [0.25, 0.3) is 0 Å². The Bertz CT molecular complexity index is 3090. The minimum Gasteiger partial charge on any atom is -0.496 e. The van der Waals surface area contributed by atoms with Gasteiger partial charge in [-0.2, -0.15) is 0 Å². The Morgan fingerprint density at radius 1 is 0.610 bits per heavy atom. The second-order valence-corrected chi connectivity index (χ2v) is 22.9. The number of pyridine rings is 2. The summed E-state index contributed by atoms with van der Waals surface area (Å²) in [6.07, 6.45) is -1.85. The Morgan fingerprint density at radius 3 is 1.34 bits per heavy atom. The van der Waals surface area contributed by atoms with Gasteiger partial charge in [0.05, 0.1) is 56.8 Å². The molecule has 1 N–H and O–H groups in total. The van der Waals surface area contributed by atoms with Gasteiger partial charge in [-0.1, -0.05) is 42.5 Å². The molecule has 2 aliphatic heterocycles.